The lowest BCUT2D eigenvalue weighted by Crippen LogP contribution is -2.42. The largest absolute Gasteiger partial charge is 0.357 e. The molecule has 3 heterocycles. The highest BCUT2D eigenvalue weighted by Crippen LogP contribution is 2.25. The number of aromatic nitrogens is 2. The summed E-state index contributed by atoms with van der Waals surface area (Å²) in [7, 11) is 4.30. The standard InChI is InChI=1S/C22H26N4O/c1-15-5-4-6-18-19(15)13-20(24-22(18)27)16-7-8-21(23-14-16)26-11-9-17(10-12-26)25(2)3/h4-8,13-14,17H,9-12H2,1-3H3,(H,24,27). The number of hydrogen-bond donors (Lipinski definition) is 1. The number of benzene rings is 1. The van der Waals surface area contributed by atoms with Gasteiger partial charge in [-0.15, -0.1) is 0 Å². The lowest BCUT2D eigenvalue weighted by atomic mass is 10.0. The fourth-order valence-corrected chi connectivity index (χ4v) is 3.94. The van der Waals surface area contributed by atoms with Crippen LogP contribution in [-0.2, 0) is 0 Å². The Morgan fingerprint density at radius 1 is 1.11 bits per heavy atom. The average molecular weight is 362 g/mol. The number of pyridine rings is 2. The van der Waals surface area contributed by atoms with E-state index in [1.807, 2.05) is 37.4 Å². The van der Waals surface area contributed by atoms with Crippen molar-refractivity contribution in [3.8, 4) is 11.3 Å². The summed E-state index contributed by atoms with van der Waals surface area (Å²) in [6.45, 7) is 4.09. The highest BCUT2D eigenvalue weighted by molar-refractivity contribution is 5.87. The number of anilines is 1. The number of fused-ring (bicyclic) bond motifs is 1. The van der Waals surface area contributed by atoms with Crippen molar-refractivity contribution in [1.29, 1.82) is 0 Å². The van der Waals surface area contributed by atoms with Crippen LogP contribution in [0.15, 0.2) is 47.4 Å². The number of aryl methyl sites for hydroxylation is 1. The molecule has 0 saturated carbocycles. The van der Waals surface area contributed by atoms with Gasteiger partial charge in [-0.25, -0.2) is 4.98 Å². The first-order valence-electron chi connectivity index (χ1n) is 9.53. The number of nitrogens with one attached hydrogen (secondary N) is 1. The fraction of sp³-hybridized carbons (Fsp3) is 0.364. The van der Waals surface area contributed by atoms with Gasteiger partial charge in [-0.05, 0) is 69.1 Å². The second-order valence-corrected chi connectivity index (χ2v) is 7.64. The van der Waals surface area contributed by atoms with Crippen LogP contribution < -0.4 is 10.5 Å². The lowest BCUT2D eigenvalue weighted by Gasteiger charge is -2.35. The highest BCUT2D eigenvalue weighted by atomic mass is 16.1. The number of piperidine rings is 1. The summed E-state index contributed by atoms with van der Waals surface area (Å²) in [6, 6.07) is 12.6. The quantitative estimate of drug-likeness (QED) is 0.776. The van der Waals surface area contributed by atoms with E-state index in [1.54, 1.807) is 0 Å². The van der Waals surface area contributed by atoms with Gasteiger partial charge in [0.1, 0.15) is 5.82 Å². The molecule has 1 fully saturated rings. The Kier molecular flexibility index (Phi) is 4.70. The minimum Gasteiger partial charge on any atom is -0.357 e. The summed E-state index contributed by atoms with van der Waals surface area (Å²) in [5.74, 6) is 1.01. The molecule has 0 spiro atoms. The maximum Gasteiger partial charge on any atom is 0.256 e. The molecule has 1 N–H and O–H groups in total. The Hall–Kier alpha value is -2.66. The minimum absolute atomic E-state index is 0.0546. The molecule has 140 valence electrons. The van der Waals surface area contributed by atoms with Gasteiger partial charge in [-0.2, -0.15) is 0 Å². The monoisotopic (exact) mass is 362 g/mol. The zero-order chi connectivity index (χ0) is 19.0. The summed E-state index contributed by atoms with van der Waals surface area (Å²) in [6.07, 6.45) is 4.18. The van der Waals surface area contributed by atoms with Crippen LogP contribution in [0.4, 0.5) is 5.82 Å². The molecular weight excluding hydrogens is 336 g/mol. The van der Waals surface area contributed by atoms with Crippen molar-refractivity contribution >= 4 is 16.6 Å². The molecule has 5 heteroatoms. The van der Waals surface area contributed by atoms with Gasteiger partial charge in [-0.1, -0.05) is 12.1 Å². The zero-order valence-corrected chi connectivity index (χ0v) is 16.2. The first-order valence-corrected chi connectivity index (χ1v) is 9.53. The number of nitrogens with zero attached hydrogens (tertiary/aromatic N) is 3. The molecule has 1 aliphatic heterocycles. The summed E-state index contributed by atoms with van der Waals surface area (Å²) in [5, 5.41) is 1.72. The molecule has 4 rings (SSSR count). The highest BCUT2D eigenvalue weighted by Gasteiger charge is 2.21. The minimum atomic E-state index is -0.0546. The second kappa shape index (κ2) is 7.16. The van der Waals surface area contributed by atoms with E-state index in [0.29, 0.717) is 6.04 Å². The van der Waals surface area contributed by atoms with Crippen LogP contribution in [-0.4, -0.2) is 48.1 Å². The van der Waals surface area contributed by atoms with E-state index in [9.17, 15) is 4.79 Å². The molecule has 0 unspecified atom stereocenters. The van der Waals surface area contributed by atoms with Crippen molar-refractivity contribution in [2.75, 3.05) is 32.1 Å². The van der Waals surface area contributed by atoms with Crippen LogP contribution in [0.3, 0.4) is 0 Å². The van der Waals surface area contributed by atoms with Gasteiger partial charge in [-0.3, -0.25) is 4.79 Å². The van der Waals surface area contributed by atoms with Crippen LogP contribution in [0.25, 0.3) is 22.0 Å². The Bertz CT molecular complexity index is 999. The maximum atomic E-state index is 12.4. The van der Waals surface area contributed by atoms with E-state index in [1.165, 1.54) is 0 Å². The molecule has 0 aliphatic carbocycles. The summed E-state index contributed by atoms with van der Waals surface area (Å²) in [4.78, 5) is 24.8. The van der Waals surface area contributed by atoms with Gasteiger partial charge < -0.3 is 14.8 Å². The van der Waals surface area contributed by atoms with Gasteiger partial charge in [0.05, 0.1) is 5.69 Å². The fourth-order valence-electron chi connectivity index (χ4n) is 3.94. The van der Waals surface area contributed by atoms with Gasteiger partial charge in [0.25, 0.3) is 5.56 Å². The van der Waals surface area contributed by atoms with Crippen LogP contribution in [0.5, 0.6) is 0 Å². The van der Waals surface area contributed by atoms with Crippen molar-refractivity contribution in [3.63, 3.8) is 0 Å². The predicted octanol–water partition coefficient (Wildman–Crippen LogP) is 3.43. The van der Waals surface area contributed by atoms with E-state index in [2.05, 4.69) is 46.0 Å². The van der Waals surface area contributed by atoms with Gasteiger partial charge in [0, 0.05) is 36.3 Å². The van der Waals surface area contributed by atoms with E-state index in [-0.39, 0.29) is 5.56 Å². The van der Waals surface area contributed by atoms with E-state index in [4.69, 9.17) is 0 Å². The lowest BCUT2D eigenvalue weighted by molar-refractivity contribution is 0.249. The van der Waals surface area contributed by atoms with E-state index >= 15 is 0 Å². The SMILES string of the molecule is Cc1cccc2c(=O)[nH]c(-c3ccc(N4CCC(N(C)C)CC4)nc3)cc12. The molecule has 0 radical (unpaired) electrons. The third kappa shape index (κ3) is 3.47. The smallest absolute Gasteiger partial charge is 0.256 e. The van der Waals surface area contributed by atoms with Gasteiger partial charge in [0.2, 0.25) is 0 Å². The molecule has 1 aromatic carbocycles. The van der Waals surface area contributed by atoms with Crippen molar-refractivity contribution in [1.82, 2.24) is 14.9 Å². The topological polar surface area (TPSA) is 52.2 Å². The summed E-state index contributed by atoms with van der Waals surface area (Å²) >= 11 is 0. The van der Waals surface area contributed by atoms with E-state index in [0.717, 1.165) is 59.3 Å². The average Bonchev–Trinajstić information content (AvgIpc) is 2.69. The second-order valence-electron chi connectivity index (χ2n) is 7.64. The molecule has 0 bridgehead atoms. The van der Waals surface area contributed by atoms with Crippen molar-refractivity contribution in [3.05, 3.63) is 58.5 Å². The van der Waals surface area contributed by atoms with Crippen LogP contribution in [0, 0.1) is 6.92 Å². The van der Waals surface area contributed by atoms with Crippen molar-refractivity contribution < 1.29 is 0 Å². The number of aromatic amines is 1. The zero-order valence-electron chi connectivity index (χ0n) is 16.2. The van der Waals surface area contributed by atoms with Crippen LogP contribution in [0.2, 0.25) is 0 Å². The Morgan fingerprint density at radius 3 is 2.56 bits per heavy atom. The molecule has 5 nitrogen and oxygen atoms in total. The maximum absolute atomic E-state index is 12.4. The molecule has 1 aliphatic rings. The predicted molar refractivity (Wildman–Crippen MR) is 111 cm³/mol. The molecule has 0 amide bonds. The normalized spacial score (nSPS) is 15.6. The van der Waals surface area contributed by atoms with Crippen molar-refractivity contribution in [2.45, 2.75) is 25.8 Å². The Morgan fingerprint density at radius 2 is 1.89 bits per heavy atom. The number of H-pyrrole nitrogens is 1. The number of rotatable bonds is 3. The first-order chi connectivity index (χ1) is 13.0. The van der Waals surface area contributed by atoms with E-state index < -0.39 is 0 Å². The molecule has 27 heavy (non-hydrogen) atoms. The first kappa shape index (κ1) is 17.7. The van der Waals surface area contributed by atoms with Crippen LogP contribution in [0.1, 0.15) is 18.4 Å². The summed E-state index contributed by atoms with van der Waals surface area (Å²) < 4.78 is 0. The summed E-state index contributed by atoms with van der Waals surface area (Å²) in [5.41, 5.74) is 2.80. The molecule has 1 saturated heterocycles. The Labute approximate surface area is 159 Å². The number of hydrogen-bond acceptors (Lipinski definition) is 4. The third-order valence-corrected chi connectivity index (χ3v) is 5.68. The van der Waals surface area contributed by atoms with Crippen LogP contribution >= 0.6 is 0 Å². The molecule has 2 aromatic heterocycles. The Balaban J connectivity index is 1.59. The molecule has 3 aromatic rings. The molecular formula is C22H26N4O. The molecule has 0 atom stereocenters. The van der Waals surface area contributed by atoms with Gasteiger partial charge in [0.15, 0.2) is 0 Å². The van der Waals surface area contributed by atoms with Gasteiger partial charge >= 0.3 is 0 Å². The van der Waals surface area contributed by atoms with Crippen molar-refractivity contribution in [2.24, 2.45) is 0 Å². The third-order valence-electron chi connectivity index (χ3n) is 5.68.